The number of benzene rings is 1. The van der Waals surface area contributed by atoms with Gasteiger partial charge >= 0.3 is 0 Å². The molecule has 0 aliphatic heterocycles. The molecule has 0 fully saturated rings. The van der Waals surface area contributed by atoms with Gasteiger partial charge in [0.1, 0.15) is 11.6 Å². The molecule has 0 radical (unpaired) electrons. The summed E-state index contributed by atoms with van der Waals surface area (Å²) in [5.41, 5.74) is 0.899. The monoisotopic (exact) mass is 336 g/mol. The van der Waals surface area contributed by atoms with Gasteiger partial charge in [0.25, 0.3) is 0 Å². The number of rotatable bonds is 3. The van der Waals surface area contributed by atoms with E-state index in [-0.39, 0.29) is 5.82 Å². The number of thiophene rings is 1. The average Bonchev–Trinajstić information content (AvgIpc) is 3.05. The van der Waals surface area contributed by atoms with Crippen molar-refractivity contribution in [3.63, 3.8) is 0 Å². The molecule has 0 spiro atoms. The van der Waals surface area contributed by atoms with Gasteiger partial charge in [-0.25, -0.2) is 9.37 Å². The largest absolute Gasteiger partial charge is 0.326 e. The number of hydrogen-bond acceptors (Lipinski definition) is 2. The van der Waals surface area contributed by atoms with E-state index < -0.39 is 0 Å². The molecular formula is C14H10BrFN2S. The molecule has 3 aromatic rings. The van der Waals surface area contributed by atoms with E-state index in [0.717, 1.165) is 16.3 Å². The van der Waals surface area contributed by atoms with E-state index in [2.05, 4.69) is 20.9 Å². The molecule has 0 aliphatic rings. The minimum Gasteiger partial charge on any atom is -0.326 e. The van der Waals surface area contributed by atoms with Gasteiger partial charge in [-0.15, -0.1) is 11.3 Å². The first-order valence-corrected chi connectivity index (χ1v) is 7.41. The minimum atomic E-state index is -0.240. The third-order valence-electron chi connectivity index (χ3n) is 2.83. The molecule has 0 N–H and O–H groups in total. The van der Waals surface area contributed by atoms with Crippen molar-refractivity contribution in [1.82, 2.24) is 9.55 Å². The summed E-state index contributed by atoms with van der Waals surface area (Å²) in [6.07, 6.45) is 3.68. The third-order valence-corrected chi connectivity index (χ3v) is 4.58. The van der Waals surface area contributed by atoms with Crippen LogP contribution < -0.4 is 0 Å². The molecular weight excluding hydrogens is 327 g/mol. The van der Waals surface area contributed by atoms with Crippen LogP contribution in [0.4, 0.5) is 4.39 Å². The molecule has 19 heavy (non-hydrogen) atoms. The lowest BCUT2D eigenvalue weighted by molar-refractivity contribution is 0.616. The van der Waals surface area contributed by atoms with Gasteiger partial charge in [-0.05, 0) is 39.0 Å². The highest BCUT2D eigenvalue weighted by Crippen LogP contribution is 2.26. The molecule has 0 aliphatic carbocycles. The summed E-state index contributed by atoms with van der Waals surface area (Å²) in [6.45, 7) is 0.589. The average molecular weight is 337 g/mol. The van der Waals surface area contributed by atoms with E-state index in [1.54, 1.807) is 23.6 Å². The normalized spacial score (nSPS) is 10.8. The molecule has 1 aromatic carbocycles. The summed E-state index contributed by atoms with van der Waals surface area (Å²) >= 11 is 4.94. The van der Waals surface area contributed by atoms with Crippen LogP contribution in [-0.2, 0) is 6.54 Å². The van der Waals surface area contributed by atoms with E-state index >= 15 is 0 Å². The second-order valence-corrected chi connectivity index (χ2v) is 5.81. The quantitative estimate of drug-likeness (QED) is 0.685. The van der Waals surface area contributed by atoms with Gasteiger partial charge in [0.15, 0.2) is 0 Å². The number of aromatic nitrogens is 2. The third kappa shape index (κ3) is 2.48. The van der Waals surface area contributed by atoms with Crippen LogP contribution in [0.3, 0.4) is 0 Å². The number of hydrogen-bond donors (Lipinski definition) is 0. The van der Waals surface area contributed by atoms with Crippen LogP contribution in [0.25, 0.3) is 10.7 Å². The Labute approximate surface area is 122 Å². The summed E-state index contributed by atoms with van der Waals surface area (Å²) in [5, 5.41) is 2.02. The van der Waals surface area contributed by atoms with Crippen LogP contribution >= 0.6 is 27.3 Å². The summed E-state index contributed by atoms with van der Waals surface area (Å²) in [5.74, 6) is 0.668. The Morgan fingerprint density at radius 1 is 1.26 bits per heavy atom. The Morgan fingerprint density at radius 3 is 2.95 bits per heavy atom. The first-order chi connectivity index (χ1) is 9.25. The molecule has 0 saturated heterocycles. The maximum Gasteiger partial charge on any atom is 0.150 e. The van der Waals surface area contributed by atoms with Crippen molar-refractivity contribution in [3.05, 3.63) is 64.0 Å². The van der Waals surface area contributed by atoms with Crippen molar-refractivity contribution >= 4 is 27.3 Å². The van der Waals surface area contributed by atoms with Crippen LogP contribution in [0.15, 0.2) is 52.6 Å². The second-order valence-electron chi connectivity index (χ2n) is 4.07. The summed E-state index contributed by atoms with van der Waals surface area (Å²) in [7, 11) is 0. The standard InChI is InChI=1S/C14H10BrFN2S/c15-13-10(3-1-4-11(13)16)9-18-7-6-17-14(18)12-5-2-8-19-12/h1-8H,9H2. The Bertz CT molecular complexity index is 691. The van der Waals surface area contributed by atoms with Crippen LogP contribution in [0, 0.1) is 5.82 Å². The Balaban J connectivity index is 1.97. The fourth-order valence-electron chi connectivity index (χ4n) is 1.92. The predicted molar refractivity (Wildman–Crippen MR) is 78.7 cm³/mol. The number of imidazole rings is 1. The SMILES string of the molecule is Fc1cccc(Cn2ccnc2-c2cccs2)c1Br. The van der Waals surface area contributed by atoms with Gasteiger partial charge in [-0.1, -0.05) is 18.2 Å². The Kier molecular flexibility index (Phi) is 3.48. The van der Waals surface area contributed by atoms with E-state index in [4.69, 9.17) is 0 Å². The lowest BCUT2D eigenvalue weighted by Gasteiger charge is -2.09. The van der Waals surface area contributed by atoms with Crippen LogP contribution in [0.1, 0.15) is 5.56 Å². The lowest BCUT2D eigenvalue weighted by atomic mass is 10.2. The van der Waals surface area contributed by atoms with Gasteiger partial charge in [-0.2, -0.15) is 0 Å². The molecule has 0 bridgehead atoms. The van der Waals surface area contributed by atoms with Crippen molar-refractivity contribution < 1.29 is 4.39 Å². The molecule has 96 valence electrons. The van der Waals surface area contributed by atoms with E-state index in [1.807, 2.05) is 34.3 Å². The van der Waals surface area contributed by atoms with Crippen molar-refractivity contribution in [3.8, 4) is 10.7 Å². The number of halogens is 2. The van der Waals surface area contributed by atoms with E-state index in [9.17, 15) is 4.39 Å². The molecule has 3 rings (SSSR count). The summed E-state index contributed by atoms with van der Waals surface area (Å²) in [6, 6.07) is 9.10. The van der Waals surface area contributed by atoms with Crippen molar-refractivity contribution in [1.29, 1.82) is 0 Å². The highest BCUT2D eigenvalue weighted by molar-refractivity contribution is 9.10. The van der Waals surface area contributed by atoms with Crippen LogP contribution in [-0.4, -0.2) is 9.55 Å². The molecule has 0 saturated carbocycles. The maximum atomic E-state index is 13.5. The van der Waals surface area contributed by atoms with Gasteiger partial charge in [-0.3, -0.25) is 0 Å². The zero-order valence-electron chi connectivity index (χ0n) is 9.88. The molecule has 0 unspecified atom stereocenters. The molecule has 5 heteroatoms. The van der Waals surface area contributed by atoms with Crippen LogP contribution in [0.2, 0.25) is 0 Å². The molecule has 0 atom stereocenters. The molecule has 2 aromatic heterocycles. The fourth-order valence-corrected chi connectivity index (χ4v) is 3.05. The zero-order valence-corrected chi connectivity index (χ0v) is 12.3. The van der Waals surface area contributed by atoms with Crippen LogP contribution in [0.5, 0.6) is 0 Å². The first kappa shape index (κ1) is 12.6. The van der Waals surface area contributed by atoms with Gasteiger partial charge in [0, 0.05) is 12.4 Å². The Morgan fingerprint density at radius 2 is 2.16 bits per heavy atom. The molecule has 2 heterocycles. The highest BCUT2D eigenvalue weighted by atomic mass is 79.9. The van der Waals surface area contributed by atoms with E-state index in [1.165, 1.54) is 6.07 Å². The smallest absolute Gasteiger partial charge is 0.150 e. The van der Waals surface area contributed by atoms with Gasteiger partial charge in [0.05, 0.1) is 15.9 Å². The lowest BCUT2D eigenvalue weighted by Crippen LogP contribution is -2.02. The Hall–Kier alpha value is -1.46. The fraction of sp³-hybridized carbons (Fsp3) is 0.0714. The van der Waals surface area contributed by atoms with E-state index in [0.29, 0.717) is 11.0 Å². The topological polar surface area (TPSA) is 17.8 Å². The van der Waals surface area contributed by atoms with Crippen molar-refractivity contribution in [2.75, 3.05) is 0 Å². The number of nitrogens with zero attached hydrogens (tertiary/aromatic N) is 2. The molecule has 2 nitrogen and oxygen atoms in total. The summed E-state index contributed by atoms with van der Waals surface area (Å²) in [4.78, 5) is 5.48. The summed E-state index contributed by atoms with van der Waals surface area (Å²) < 4.78 is 16.0. The predicted octanol–water partition coefficient (Wildman–Crippen LogP) is 4.56. The van der Waals surface area contributed by atoms with Gasteiger partial charge in [0.2, 0.25) is 0 Å². The first-order valence-electron chi connectivity index (χ1n) is 5.73. The minimum absolute atomic E-state index is 0.240. The maximum absolute atomic E-state index is 13.5. The highest BCUT2D eigenvalue weighted by Gasteiger charge is 2.10. The zero-order chi connectivity index (χ0) is 13.2. The van der Waals surface area contributed by atoms with Gasteiger partial charge < -0.3 is 4.57 Å². The van der Waals surface area contributed by atoms with Crippen molar-refractivity contribution in [2.24, 2.45) is 0 Å². The van der Waals surface area contributed by atoms with Crippen molar-refractivity contribution in [2.45, 2.75) is 6.54 Å². The second kappa shape index (κ2) is 5.27. The molecule has 0 amide bonds.